The van der Waals surface area contributed by atoms with Crippen LogP contribution >= 0.6 is 0 Å². The molecule has 0 saturated carbocycles. The minimum Gasteiger partial charge on any atom is -0.397 e. The lowest BCUT2D eigenvalue weighted by Crippen LogP contribution is -2.46. The maximum Gasteiger partial charge on any atom is 0.416 e. The monoisotopic (exact) mass is 581 g/mol. The van der Waals surface area contributed by atoms with Crippen molar-refractivity contribution in [3.8, 4) is 0 Å². The molecule has 4 rings (SSSR count). The van der Waals surface area contributed by atoms with Crippen LogP contribution in [0.15, 0.2) is 78.9 Å². The summed E-state index contributed by atoms with van der Waals surface area (Å²) in [5.41, 5.74) is 7.28. The highest BCUT2D eigenvalue weighted by atomic mass is 19.4. The van der Waals surface area contributed by atoms with Gasteiger partial charge in [0.25, 0.3) is 0 Å². The van der Waals surface area contributed by atoms with Crippen LogP contribution in [-0.2, 0) is 25.3 Å². The maximum absolute atomic E-state index is 13.3. The van der Waals surface area contributed by atoms with Crippen molar-refractivity contribution in [2.75, 3.05) is 49.2 Å². The van der Waals surface area contributed by atoms with E-state index in [9.17, 15) is 27.6 Å². The average Bonchev–Trinajstić information content (AvgIpc) is 2.98. The van der Waals surface area contributed by atoms with Gasteiger partial charge in [0, 0.05) is 24.9 Å². The van der Waals surface area contributed by atoms with E-state index < -0.39 is 23.7 Å². The number of anilines is 3. The minimum atomic E-state index is -4.50. The summed E-state index contributed by atoms with van der Waals surface area (Å²) in [6.07, 6.45) is -1.57. The van der Waals surface area contributed by atoms with Crippen molar-refractivity contribution in [3.05, 3.63) is 95.6 Å². The Balaban J connectivity index is 1.46. The molecule has 0 bridgehead atoms. The second-order valence-electron chi connectivity index (χ2n) is 9.45. The highest BCUT2D eigenvalue weighted by molar-refractivity contribution is 6.03. The number of nitrogens with two attached hydrogens (primary N) is 1. The minimum absolute atomic E-state index is 0.143. The number of ether oxygens (including phenoxy) is 1. The molecule has 1 aliphatic heterocycles. The molecule has 3 aromatic carbocycles. The summed E-state index contributed by atoms with van der Waals surface area (Å²) in [5.74, 6) is -1.16. The third-order valence-corrected chi connectivity index (χ3v) is 6.48. The Hall–Kier alpha value is -4.68. The highest BCUT2D eigenvalue weighted by Crippen LogP contribution is 2.30. The van der Waals surface area contributed by atoms with Crippen molar-refractivity contribution in [1.82, 2.24) is 10.2 Å². The largest absolute Gasteiger partial charge is 0.416 e. The quantitative estimate of drug-likeness (QED) is 0.223. The van der Waals surface area contributed by atoms with Gasteiger partial charge >= 0.3 is 6.18 Å². The third-order valence-electron chi connectivity index (χ3n) is 6.48. The van der Waals surface area contributed by atoms with Crippen molar-refractivity contribution >= 4 is 40.9 Å². The van der Waals surface area contributed by atoms with Gasteiger partial charge in [-0.05, 0) is 53.6 Å². The van der Waals surface area contributed by atoms with Crippen molar-refractivity contribution < 1.29 is 32.3 Å². The lowest BCUT2D eigenvalue weighted by atomic mass is 10.0. The number of benzene rings is 3. The predicted octanol–water partition coefficient (Wildman–Crippen LogP) is 4.07. The van der Waals surface area contributed by atoms with Crippen molar-refractivity contribution in [3.63, 3.8) is 0 Å². The number of nitrogens with one attached hydrogen (secondary N) is 3. The highest BCUT2D eigenvalue weighted by Gasteiger charge is 2.30. The molecule has 1 heterocycles. The van der Waals surface area contributed by atoms with Crippen LogP contribution in [0, 0.1) is 0 Å². The number of nitrogen functional groups attached to an aromatic ring is 1. The summed E-state index contributed by atoms with van der Waals surface area (Å²) in [5, 5.41) is 8.28. The fourth-order valence-electron chi connectivity index (χ4n) is 4.19. The molecule has 1 fully saturated rings. The first-order valence-corrected chi connectivity index (χ1v) is 13.1. The van der Waals surface area contributed by atoms with Gasteiger partial charge in [-0.1, -0.05) is 36.4 Å². The summed E-state index contributed by atoms with van der Waals surface area (Å²) in [6.45, 7) is 1.59. The van der Waals surface area contributed by atoms with E-state index in [1.165, 1.54) is 18.2 Å². The van der Waals surface area contributed by atoms with E-state index in [0.29, 0.717) is 48.8 Å². The molecule has 3 aromatic rings. The van der Waals surface area contributed by atoms with E-state index in [1.807, 2.05) is 0 Å². The van der Waals surface area contributed by atoms with E-state index >= 15 is 0 Å². The molecule has 0 aromatic heterocycles. The second-order valence-corrected chi connectivity index (χ2v) is 9.45. The Kier molecular flexibility index (Phi) is 9.94. The first kappa shape index (κ1) is 30.3. The Morgan fingerprint density at radius 3 is 2.24 bits per heavy atom. The number of morpholine rings is 1. The van der Waals surface area contributed by atoms with E-state index in [4.69, 9.17) is 10.5 Å². The van der Waals surface area contributed by atoms with Crippen LogP contribution in [0.3, 0.4) is 0 Å². The molecule has 220 valence electrons. The third kappa shape index (κ3) is 8.41. The lowest BCUT2D eigenvalue weighted by Gasteiger charge is -2.28. The zero-order valence-corrected chi connectivity index (χ0v) is 22.5. The molecule has 3 amide bonds. The first-order chi connectivity index (χ1) is 20.1. The number of carbonyl (C=O) groups is 3. The maximum atomic E-state index is 13.3. The number of halogens is 3. The van der Waals surface area contributed by atoms with E-state index in [2.05, 4.69) is 16.0 Å². The fourth-order valence-corrected chi connectivity index (χ4v) is 4.19. The summed E-state index contributed by atoms with van der Waals surface area (Å²) in [7, 11) is 0. The molecule has 5 N–H and O–H groups in total. The molecular weight excluding hydrogens is 551 g/mol. The van der Waals surface area contributed by atoms with Crippen LogP contribution < -0.4 is 21.7 Å². The number of hydrogen-bond donors (Lipinski definition) is 4. The van der Waals surface area contributed by atoms with Gasteiger partial charge in [0.05, 0.1) is 36.7 Å². The molecule has 0 spiro atoms. The Labute approximate surface area is 240 Å². The van der Waals surface area contributed by atoms with E-state index in [-0.39, 0.29) is 24.0 Å². The number of amides is 3. The van der Waals surface area contributed by atoms with Crippen LogP contribution in [-0.4, -0.2) is 55.5 Å². The molecule has 12 heteroatoms. The summed E-state index contributed by atoms with van der Waals surface area (Å²) in [6, 6.07) is 16.7. The van der Waals surface area contributed by atoms with Gasteiger partial charge < -0.3 is 26.0 Å². The average molecular weight is 582 g/mol. The number of rotatable bonds is 9. The topological polar surface area (TPSA) is 126 Å². The molecule has 0 aliphatic carbocycles. The number of alkyl halides is 3. The molecular formula is C30H30F3N5O4. The van der Waals surface area contributed by atoms with Gasteiger partial charge in [0.15, 0.2) is 0 Å². The van der Waals surface area contributed by atoms with Crippen LogP contribution in [0.5, 0.6) is 0 Å². The number of nitrogens with zero attached hydrogens (tertiary/aromatic N) is 1. The summed E-state index contributed by atoms with van der Waals surface area (Å²) >= 11 is 0. The van der Waals surface area contributed by atoms with Crippen molar-refractivity contribution in [2.24, 2.45) is 0 Å². The summed E-state index contributed by atoms with van der Waals surface area (Å²) in [4.78, 5) is 39.9. The van der Waals surface area contributed by atoms with E-state index in [1.54, 1.807) is 59.5 Å². The summed E-state index contributed by atoms with van der Waals surface area (Å²) < 4.78 is 44.1. The number of carbonyl (C=O) groups excluding carboxylic acids is 3. The molecule has 1 atom stereocenters. The molecule has 1 saturated heterocycles. The fraction of sp³-hybridized carbons (Fsp3) is 0.233. The normalized spacial score (nSPS) is 14.4. The SMILES string of the molecule is Nc1ccccc1NC(=O)/C=C/c1ccc(C(NCC(=O)N2CCOCC2)C(=O)Nc2ccc(C(F)(F)F)cc2)cc1. The predicted molar refractivity (Wildman–Crippen MR) is 153 cm³/mol. The van der Waals surface area contributed by atoms with Gasteiger partial charge in [0.1, 0.15) is 6.04 Å². The van der Waals surface area contributed by atoms with Gasteiger partial charge in [-0.15, -0.1) is 0 Å². The Morgan fingerprint density at radius 2 is 1.60 bits per heavy atom. The zero-order valence-electron chi connectivity index (χ0n) is 22.5. The Morgan fingerprint density at radius 1 is 0.929 bits per heavy atom. The van der Waals surface area contributed by atoms with Crippen LogP contribution in [0.25, 0.3) is 6.08 Å². The van der Waals surface area contributed by atoms with Crippen molar-refractivity contribution in [2.45, 2.75) is 12.2 Å². The first-order valence-electron chi connectivity index (χ1n) is 13.1. The van der Waals surface area contributed by atoms with Gasteiger partial charge in [-0.3, -0.25) is 19.7 Å². The molecule has 9 nitrogen and oxygen atoms in total. The molecule has 0 radical (unpaired) electrons. The van der Waals surface area contributed by atoms with Crippen LogP contribution in [0.4, 0.5) is 30.2 Å². The lowest BCUT2D eigenvalue weighted by molar-refractivity contribution is -0.137. The van der Waals surface area contributed by atoms with Gasteiger partial charge in [-0.2, -0.15) is 13.2 Å². The zero-order chi connectivity index (χ0) is 30.1. The number of para-hydroxylation sites is 2. The molecule has 42 heavy (non-hydrogen) atoms. The molecule has 1 unspecified atom stereocenters. The van der Waals surface area contributed by atoms with Crippen molar-refractivity contribution in [1.29, 1.82) is 0 Å². The standard InChI is InChI=1S/C30H30F3N5O4/c31-30(32,33)22-10-12-23(13-11-22)36-29(41)28(35-19-27(40)38-15-17-42-18-16-38)21-8-5-20(6-9-21)7-14-26(39)37-25-4-2-1-3-24(25)34/h1-14,28,35H,15-19,34H2,(H,36,41)(H,37,39)/b14-7+. The Bertz CT molecular complexity index is 1420. The van der Waals surface area contributed by atoms with Gasteiger partial charge in [0.2, 0.25) is 17.7 Å². The van der Waals surface area contributed by atoms with E-state index in [0.717, 1.165) is 12.1 Å². The number of hydrogen-bond acceptors (Lipinski definition) is 6. The van der Waals surface area contributed by atoms with Crippen LogP contribution in [0.2, 0.25) is 0 Å². The smallest absolute Gasteiger partial charge is 0.397 e. The molecule has 1 aliphatic rings. The van der Waals surface area contributed by atoms with Crippen LogP contribution in [0.1, 0.15) is 22.7 Å². The second kappa shape index (κ2) is 13.8. The van der Waals surface area contributed by atoms with Gasteiger partial charge in [-0.25, -0.2) is 0 Å².